The van der Waals surface area contributed by atoms with Crippen molar-refractivity contribution in [3.8, 4) is 0 Å². The molecule has 0 rings (SSSR count). The topological polar surface area (TPSA) is 26.3 Å². The fourth-order valence-electron chi connectivity index (χ4n) is 1.94. The summed E-state index contributed by atoms with van der Waals surface area (Å²) in [6.07, 6.45) is -20.0. The number of carbonyl (C=O) groups is 1. The highest BCUT2D eigenvalue weighted by Crippen LogP contribution is 2.62. The minimum atomic E-state index is -8.43. The Kier molecular flexibility index (Phi) is 8.39. The lowest BCUT2D eigenvalue weighted by molar-refractivity contribution is -0.460. The van der Waals surface area contributed by atoms with E-state index in [9.17, 15) is 79.4 Å². The van der Waals surface area contributed by atoms with Crippen molar-refractivity contribution in [1.82, 2.24) is 0 Å². The highest BCUT2D eigenvalue weighted by Gasteiger charge is 2.93. The van der Waals surface area contributed by atoms with E-state index in [2.05, 4.69) is 11.3 Å². The van der Waals surface area contributed by atoms with E-state index in [0.717, 1.165) is 0 Å². The van der Waals surface area contributed by atoms with Gasteiger partial charge in [0.1, 0.15) is 0 Å². The quantitative estimate of drug-likeness (QED) is 0.155. The van der Waals surface area contributed by atoms with Crippen molar-refractivity contribution < 1.29 is 84.2 Å². The molecule has 0 radical (unpaired) electrons. The van der Waals surface area contributed by atoms with Crippen LogP contribution in [0.15, 0.2) is 12.2 Å². The van der Waals surface area contributed by atoms with Gasteiger partial charge in [-0.15, -0.1) is 0 Å². The molecule has 0 aromatic rings. The van der Waals surface area contributed by atoms with Gasteiger partial charge in [0, 0.05) is 18.4 Å². The largest absolute Gasteiger partial charge is 0.473 e. The maximum Gasteiger partial charge on any atom is 0.473 e. The summed E-state index contributed by atoms with van der Waals surface area (Å²) in [5.74, 6) is -50.1. The Bertz CT molecular complexity index is 765. The van der Waals surface area contributed by atoms with Crippen LogP contribution in [-0.4, -0.2) is 53.8 Å². The molecule has 0 aromatic heterocycles. The van der Waals surface area contributed by atoms with Crippen LogP contribution in [0.4, 0.5) is 74.6 Å². The molecule has 0 N–H and O–H groups in total. The lowest BCUT2D eigenvalue weighted by Gasteiger charge is -2.42. The molecule has 0 aliphatic carbocycles. The second kappa shape index (κ2) is 8.91. The van der Waals surface area contributed by atoms with Gasteiger partial charge in [0.2, 0.25) is 0 Å². The zero-order chi connectivity index (χ0) is 28.0. The second-order valence-corrected chi connectivity index (χ2v) is 6.73. The molecule has 0 atom stereocenters. The molecule has 202 valence electrons. The van der Waals surface area contributed by atoms with E-state index < -0.39 is 78.6 Å². The molecule has 0 saturated heterocycles. The average Bonchev–Trinajstić information content (AvgIpc) is 2.58. The first kappa shape index (κ1) is 32.0. The molecular weight excluding hydrogens is 535 g/mol. The number of esters is 1. The van der Waals surface area contributed by atoms with Crippen molar-refractivity contribution in [2.24, 2.45) is 0 Å². The molecule has 19 heteroatoms. The van der Waals surface area contributed by atoms with Gasteiger partial charge in [-0.05, 0) is 13.3 Å². The van der Waals surface area contributed by atoms with E-state index in [0.29, 0.717) is 6.92 Å². The summed E-state index contributed by atoms with van der Waals surface area (Å²) in [6, 6.07) is 0. The van der Waals surface area contributed by atoms with Gasteiger partial charge >= 0.3 is 53.8 Å². The van der Waals surface area contributed by atoms with Gasteiger partial charge in [-0.2, -0.15) is 74.6 Å². The third-order valence-electron chi connectivity index (χ3n) is 3.92. The van der Waals surface area contributed by atoms with E-state index in [1.165, 1.54) is 0 Å². The Balaban J connectivity index is 6.37. The molecule has 2 nitrogen and oxygen atoms in total. The van der Waals surface area contributed by atoms with E-state index >= 15 is 0 Å². The zero-order valence-corrected chi connectivity index (χ0v) is 16.1. The Morgan fingerprint density at radius 3 is 1.32 bits per heavy atom. The molecule has 0 spiro atoms. The number of ether oxygens (including phenoxy) is 1. The Labute approximate surface area is 177 Å². The molecule has 34 heavy (non-hydrogen) atoms. The molecule has 0 fully saturated rings. The molecule has 0 aromatic carbocycles. The van der Waals surface area contributed by atoms with Crippen molar-refractivity contribution >= 4 is 5.97 Å². The summed E-state index contributed by atoms with van der Waals surface area (Å²) in [6.45, 7) is 2.94. The fraction of sp³-hybridized carbons (Fsp3) is 0.800. The molecule has 0 unspecified atom stereocenters. The van der Waals surface area contributed by atoms with Crippen molar-refractivity contribution in [2.75, 3.05) is 0 Å². The average molecular weight is 546 g/mol. The number of hydrogen-bond donors (Lipinski definition) is 0. The molecule has 0 aliphatic rings. The normalized spacial score (nSPS) is 15.4. The minimum absolute atomic E-state index is 0.429. The van der Waals surface area contributed by atoms with Gasteiger partial charge < -0.3 is 4.74 Å². The Morgan fingerprint density at radius 2 is 0.971 bits per heavy atom. The molecule has 0 amide bonds. The fourth-order valence-corrected chi connectivity index (χ4v) is 1.94. The number of rotatable bonds is 11. The van der Waals surface area contributed by atoms with Crippen LogP contribution in [0, 0.1) is 0 Å². The van der Waals surface area contributed by atoms with Crippen molar-refractivity contribution in [2.45, 2.75) is 74.0 Å². The number of hydrogen-bond acceptors (Lipinski definition) is 2. The van der Waals surface area contributed by atoms with E-state index in [1.807, 2.05) is 0 Å². The maximum atomic E-state index is 13.6. The van der Waals surface area contributed by atoms with Gasteiger partial charge in [0.25, 0.3) is 0 Å². The zero-order valence-electron chi connectivity index (χ0n) is 16.1. The van der Waals surface area contributed by atoms with Crippen LogP contribution in [0.3, 0.4) is 0 Å². The van der Waals surface area contributed by atoms with E-state index in [4.69, 9.17) is 0 Å². The van der Waals surface area contributed by atoms with Crippen LogP contribution in [-0.2, 0) is 9.53 Å². The summed E-state index contributed by atoms with van der Waals surface area (Å²) in [5, 5.41) is 0. The number of alkyl halides is 17. The van der Waals surface area contributed by atoms with Gasteiger partial charge in [0.05, 0.1) is 0 Å². The summed E-state index contributed by atoms with van der Waals surface area (Å²) in [4.78, 5) is 10.8. The van der Waals surface area contributed by atoms with Crippen molar-refractivity contribution in [3.05, 3.63) is 12.2 Å². The third kappa shape index (κ3) is 5.31. The molecule has 0 heterocycles. The van der Waals surface area contributed by atoms with Crippen LogP contribution >= 0.6 is 0 Å². The van der Waals surface area contributed by atoms with Gasteiger partial charge in [-0.3, -0.25) is 0 Å². The van der Waals surface area contributed by atoms with Gasteiger partial charge in [-0.25, -0.2) is 4.79 Å². The predicted octanol–water partition coefficient (Wildman–Crippen LogP) is 7.24. The van der Waals surface area contributed by atoms with Crippen LogP contribution in [0.25, 0.3) is 0 Å². The number of carbonyl (C=O) groups excluding carboxylic acids is 1. The first-order valence-corrected chi connectivity index (χ1v) is 8.14. The molecule has 0 bridgehead atoms. The van der Waals surface area contributed by atoms with Crippen LogP contribution in [0.2, 0.25) is 0 Å². The highest BCUT2D eigenvalue weighted by atomic mass is 19.4. The van der Waals surface area contributed by atoms with Crippen molar-refractivity contribution in [3.63, 3.8) is 0 Å². The van der Waals surface area contributed by atoms with Crippen LogP contribution < -0.4 is 0 Å². The Morgan fingerprint density at radius 1 is 0.618 bits per heavy atom. The minimum Gasteiger partial charge on any atom is -0.393 e. The third-order valence-corrected chi connectivity index (χ3v) is 3.92. The summed E-state index contributed by atoms with van der Waals surface area (Å²) in [5.41, 5.74) is -1.25. The summed E-state index contributed by atoms with van der Waals surface area (Å²) >= 11 is 0. The molecule has 0 aliphatic heterocycles. The lowest BCUT2D eigenvalue weighted by Crippen LogP contribution is -2.73. The van der Waals surface area contributed by atoms with Gasteiger partial charge in [0.15, 0.2) is 0 Å². The Hall–Kier alpha value is -1.98. The highest BCUT2D eigenvalue weighted by molar-refractivity contribution is 5.87. The lowest BCUT2D eigenvalue weighted by atomic mass is 9.89. The van der Waals surface area contributed by atoms with Crippen LogP contribution in [0.5, 0.6) is 0 Å². The molecule has 0 saturated carbocycles. The SMILES string of the molecule is C=C(C)C(=O)OC(F)(F)C(F)(F)C(F)(F)C(F)(F)C(F)(F)C(F)(F)C(F)(F)CCCC(F)(F)F. The molecular formula is C15H11F17O2. The second-order valence-electron chi connectivity index (χ2n) is 6.73. The van der Waals surface area contributed by atoms with Crippen LogP contribution in [0.1, 0.15) is 26.2 Å². The van der Waals surface area contributed by atoms with E-state index in [1.54, 1.807) is 0 Å². The smallest absolute Gasteiger partial charge is 0.393 e. The summed E-state index contributed by atoms with van der Waals surface area (Å²) < 4.78 is 227. The monoisotopic (exact) mass is 546 g/mol. The first-order chi connectivity index (χ1) is 14.5. The predicted molar refractivity (Wildman–Crippen MR) is 75.4 cm³/mol. The maximum absolute atomic E-state index is 13.6. The van der Waals surface area contributed by atoms with E-state index in [-0.39, 0.29) is 0 Å². The standard InChI is InChI=1S/C15H11F17O2/c1-6(2)7(33)34-15(31,32)14(29,30)13(27,28)12(25,26)11(23,24)10(21,22)8(16,17)4-3-5-9(18,19)20/h1,3-5H2,2H3. The van der Waals surface area contributed by atoms with Crippen molar-refractivity contribution in [1.29, 1.82) is 0 Å². The number of halogens is 17. The first-order valence-electron chi connectivity index (χ1n) is 8.14. The van der Waals surface area contributed by atoms with Gasteiger partial charge in [-0.1, -0.05) is 6.58 Å². The summed E-state index contributed by atoms with van der Waals surface area (Å²) in [7, 11) is 0.